The van der Waals surface area contributed by atoms with Gasteiger partial charge in [0.05, 0.1) is 6.61 Å². The standard InChI is InChI=1S/C12H25N3O2/c1-2-15-6-3-11(4-7-15)9-14-12(16)10-17-8-5-13/h11H,2-10,13H2,1H3,(H,14,16). The van der Waals surface area contributed by atoms with Crippen molar-refractivity contribution in [3.05, 3.63) is 0 Å². The van der Waals surface area contributed by atoms with Crippen LogP contribution < -0.4 is 11.1 Å². The number of amides is 1. The van der Waals surface area contributed by atoms with Crippen molar-refractivity contribution in [1.82, 2.24) is 10.2 Å². The van der Waals surface area contributed by atoms with Crippen molar-refractivity contribution in [2.75, 3.05) is 45.9 Å². The lowest BCUT2D eigenvalue weighted by Crippen LogP contribution is -2.39. The number of ether oxygens (including phenoxy) is 1. The van der Waals surface area contributed by atoms with Gasteiger partial charge in [-0.3, -0.25) is 4.79 Å². The number of nitrogens with zero attached hydrogens (tertiary/aromatic N) is 1. The minimum atomic E-state index is -0.0311. The van der Waals surface area contributed by atoms with Crippen molar-refractivity contribution in [3.8, 4) is 0 Å². The molecule has 1 aliphatic heterocycles. The molecule has 0 radical (unpaired) electrons. The van der Waals surface area contributed by atoms with Crippen molar-refractivity contribution < 1.29 is 9.53 Å². The van der Waals surface area contributed by atoms with Crippen molar-refractivity contribution in [2.24, 2.45) is 11.7 Å². The highest BCUT2D eigenvalue weighted by atomic mass is 16.5. The zero-order chi connectivity index (χ0) is 12.5. The van der Waals surface area contributed by atoms with Crippen LogP contribution in [0, 0.1) is 5.92 Å². The fourth-order valence-corrected chi connectivity index (χ4v) is 2.06. The first-order valence-electron chi connectivity index (χ1n) is 6.53. The Morgan fingerprint density at radius 2 is 2.18 bits per heavy atom. The molecule has 0 aliphatic carbocycles. The maximum atomic E-state index is 11.4. The highest BCUT2D eigenvalue weighted by Gasteiger charge is 2.18. The first kappa shape index (κ1) is 14.4. The molecule has 17 heavy (non-hydrogen) atoms. The molecule has 3 N–H and O–H groups in total. The van der Waals surface area contributed by atoms with Gasteiger partial charge in [0.15, 0.2) is 0 Å². The lowest BCUT2D eigenvalue weighted by atomic mass is 9.97. The molecule has 0 unspecified atom stereocenters. The summed E-state index contributed by atoms with van der Waals surface area (Å²) in [5, 5.41) is 2.92. The average Bonchev–Trinajstić information content (AvgIpc) is 2.37. The van der Waals surface area contributed by atoms with Gasteiger partial charge in [-0.05, 0) is 38.4 Å². The largest absolute Gasteiger partial charge is 0.370 e. The number of piperidine rings is 1. The van der Waals surface area contributed by atoms with Gasteiger partial charge in [0.1, 0.15) is 6.61 Å². The molecule has 0 atom stereocenters. The zero-order valence-corrected chi connectivity index (χ0v) is 10.8. The average molecular weight is 243 g/mol. The summed E-state index contributed by atoms with van der Waals surface area (Å²) in [6.45, 7) is 7.45. The van der Waals surface area contributed by atoms with E-state index in [0.29, 0.717) is 19.1 Å². The molecule has 1 saturated heterocycles. The van der Waals surface area contributed by atoms with Crippen molar-refractivity contribution >= 4 is 5.91 Å². The first-order chi connectivity index (χ1) is 8.26. The molecule has 5 nitrogen and oxygen atoms in total. The third kappa shape index (κ3) is 6.00. The Bertz CT molecular complexity index is 216. The van der Waals surface area contributed by atoms with E-state index in [-0.39, 0.29) is 12.5 Å². The van der Waals surface area contributed by atoms with Gasteiger partial charge in [-0.1, -0.05) is 6.92 Å². The summed E-state index contributed by atoms with van der Waals surface area (Å²) in [5.41, 5.74) is 5.27. The van der Waals surface area contributed by atoms with Crippen molar-refractivity contribution in [2.45, 2.75) is 19.8 Å². The van der Waals surface area contributed by atoms with Gasteiger partial charge >= 0.3 is 0 Å². The van der Waals surface area contributed by atoms with Crippen LogP contribution in [0.5, 0.6) is 0 Å². The molecule has 1 heterocycles. The Morgan fingerprint density at radius 1 is 1.47 bits per heavy atom. The fourth-order valence-electron chi connectivity index (χ4n) is 2.06. The van der Waals surface area contributed by atoms with Gasteiger partial charge in [-0.25, -0.2) is 0 Å². The minimum Gasteiger partial charge on any atom is -0.370 e. The number of carbonyl (C=O) groups excluding carboxylic acids is 1. The normalized spacial score (nSPS) is 18.2. The summed E-state index contributed by atoms with van der Waals surface area (Å²) in [7, 11) is 0. The molecule has 0 aromatic carbocycles. The highest BCUT2D eigenvalue weighted by molar-refractivity contribution is 5.77. The van der Waals surface area contributed by atoms with Crippen LogP contribution >= 0.6 is 0 Å². The summed E-state index contributed by atoms with van der Waals surface area (Å²) < 4.78 is 5.07. The second-order valence-corrected chi connectivity index (χ2v) is 4.52. The van der Waals surface area contributed by atoms with Gasteiger partial charge < -0.3 is 20.7 Å². The second kappa shape index (κ2) is 8.44. The van der Waals surface area contributed by atoms with E-state index < -0.39 is 0 Å². The van der Waals surface area contributed by atoms with Gasteiger partial charge in [-0.15, -0.1) is 0 Å². The Morgan fingerprint density at radius 3 is 2.76 bits per heavy atom. The van der Waals surface area contributed by atoms with Crippen LogP contribution in [0.2, 0.25) is 0 Å². The molecular weight excluding hydrogens is 218 g/mol. The SMILES string of the molecule is CCN1CCC(CNC(=O)COCCN)CC1. The van der Waals surface area contributed by atoms with E-state index in [0.717, 1.165) is 26.2 Å². The maximum Gasteiger partial charge on any atom is 0.246 e. The maximum absolute atomic E-state index is 11.4. The molecule has 1 aliphatic rings. The molecule has 1 amide bonds. The van der Waals surface area contributed by atoms with Crippen molar-refractivity contribution in [3.63, 3.8) is 0 Å². The quantitative estimate of drug-likeness (QED) is 0.608. The molecular formula is C12H25N3O2. The highest BCUT2D eigenvalue weighted by Crippen LogP contribution is 2.15. The number of rotatable bonds is 7. The molecule has 0 saturated carbocycles. The van der Waals surface area contributed by atoms with Gasteiger partial charge in [0.2, 0.25) is 5.91 Å². The Balaban J connectivity index is 2.04. The molecule has 0 spiro atoms. The molecule has 0 aromatic heterocycles. The Labute approximate surface area is 104 Å². The Hall–Kier alpha value is -0.650. The van der Waals surface area contributed by atoms with E-state index in [1.807, 2.05) is 0 Å². The van der Waals surface area contributed by atoms with Crippen LogP contribution in [0.3, 0.4) is 0 Å². The number of nitrogens with two attached hydrogens (primary N) is 1. The summed E-state index contributed by atoms with van der Waals surface area (Å²) in [4.78, 5) is 13.8. The first-order valence-corrected chi connectivity index (χ1v) is 6.53. The van der Waals surface area contributed by atoms with E-state index >= 15 is 0 Å². The number of nitrogens with one attached hydrogen (secondary N) is 1. The predicted molar refractivity (Wildman–Crippen MR) is 67.7 cm³/mol. The molecule has 1 fully saturated rings. The fraction of sp³-hybridized carbons (Fsp3) is 0.917. The number of carbonyl (C=O) groups is 1. The zero-order valence-electron chi connectivity index (χ0n) is 10.8. The molecule has 5 heteroatoms. The number of hydrogen-bond acceptors (Lipinski definition) is 4. The second-order valence-electron chi connectivity index (χ2n) is 4.52. The van der Waals surface area contributed by atoms with E-state index in [2.05, 4.69) is 17.1 Å². The minimum absolute atomic E-state index is 0.0311. The number of hydrogen-bond donors (Lipinski definition) is 2. The third-order valence-electron chi connectivity index (χ3n) is 3.24. The molecule has 100 valence electrons. The molecule has 0 aromatic rings. The summed E-state index contributed by atoms with van der Waals surface area (Å²) in [6.07, 6.45) is 2.36. The van der Waals surface area contributed by atoms with Gasteiger partial charge in [0, 0.05) is 13.1 Å². The lowest BCUT2D eigenvalue weighted by molar-refractivity contribution is -0.125. The number of likely N-dealkylation sites (tertiary alicyclic amines) is 1. The van der Waals surface area contributed by atoms with E-state index in [1.165, 1.54) is 12.8 Å². The Kier molecular flexibility index (Phi) is 7.16. The van der Waals surface area contributed by atoms with Crippen LogP contribution in [0.1, 0.15) is 19.8 Å². The summed E-state index contributed by atoms with van der Waals surface area (Å²) in [6, 6.07) is 0. The van der Waals surface area contributed by atoms with Crippen molar-refractivity contribution in [1.29, 1.82) is 0 Å². The van der Waals surface area contributed by atoms with Gasteiger partial charge in [-0.2, -0.15) is 0 Å². The smallest absolute Gasteiger partial charge is 0.246 e. The molecule has 1 rings (SSSR count). The van der Waals surface area contributed by atoms with Crippen LogP contribution in [-0.2, 0) is 9.53 Å². The topological polar surface area (TPSA) is 67.6 Å². The third-order valence-corrected chi connectivity index (χ3v) is 3.24. The van der Waals surface area contributed by atoms with E-state index in [4.69, 9.17) is 10.5 Å². The monoisotopic (exact) mass is 243 g/mol. The van der Waals surface area contributed by atoms with E-state index in [9.17, 15) is 4.79 Å². The predicted octanol–water partition coefficient (Wildman–Crippen LogP) is -0.190. The van der Waals surface area contributed by atoms with E-state index in [1.54, 1.807) is 0 Å². The van der Waals surface area contributed by atoms with Gasteiger partial charge in [0.25, 0.3) is 0 Å². The summed E-state index contributed by atoms with van der Waals surface area (Å²) in [5.74, 6) is 0.590. The molecule has 0 bridgehead atoms. The van der Waals surface area contributed by atoms with Crippen LogP contribution in [0.4, 0.5) is 0 Å². The van der Waals surface area contributed by atoms with Crippen LogP contribution in [-0.4, -0.2) is 56.7 Å². The summed E-state index contributed by atoms with van der Waals surface area (Å²) >= 11 is 0. The van der Waals surface area contributed by atoms with Crippen LogP contribution in [0.15, 0.2) is 0 Å². The lowest BCUT2D eigenvalue weighted by Gasteiger charge is -2.31. The van der Waals surface area contributed by atoms with Crippen LogP contribution in [0.25, 0.3) is 0 Å².